The quantitative estimate of drug-likeness (QED) is 0.765. The summed E-state index contributed by atoms with van der Waals surface area (Å²) in [5.74, 6) is -1.48. The van der Waals surface area contributed by atoms with Gasteiger partial charge in [-0.05, 0) is 19.1 Å². The average molecular weight is 262 g/mol. The molecule has 0 N–H and O–H groups in total. The Bertz CT molecular complexity index is 643. The topological polar surface area (TPSA) is 64.1 Å². The fraction of sp³-hybridized carbons (Fsp3) is 0.0769. The van der Waals surface area contributed by atoms with Crippen molar-refractivity contribution < 1.29 is 14.4 Å². The van der Waals surface area contributed by atoms with E-state index in [1.807, 2.05) is 0 Å². The number of hydrogen-bond acceptors (Lipinski definition) is 4. The molecular weight excluding hydrogens is 254 g/mol. The fourth-order valence-corrected chi connectivity index (χ4v) is 1.97. The van der Waals surface area contributed by atoms with Crippen molar-refractivity contribution in [3.63, 3.8) is 0 Å². The van der Waals surface area contributed by atoms with Crippen LogP contribution in [0.1, 0.15) is 27.8 Å². The van der Waals surface area contributed by atoms with Crippen molar-refractivity contribution in [2.24, 2.45) is 0 Å². The summed E-state index contributed by atoms with van der Waals surface area (Å²) in [5.41, 5.74) is -0.0769. The van der Waals surface area contributed by atoms with Gasteiger partial charge in [0.2, 0.25) is 11.6 Å². The summed E-state index contributed by atoms with van der Waals surface area (Å²) in [5, 5.41) is -0.277. The van der Waals surface area contributed by atoms with E-state index in [1.165, 1.54) is 19.2 Å². The number of nitrogens with zero attached hydrogens (tertiary/aromatic N) is 1. The minimum atomic E-state index is -0.546. The fourth-order valence-electron chi connectivity index (χ4n) is 1.66. The first-order valence-electron chi connectivity index (χ1n) is 5.09. The highest BCUT2D eigenvalue weighted by Gasteiger charge is 2.34. The maximum Gasteiger partial charge on any atom is 0.214 e. The Morgan fingerprint density at radius 3 is 2.61 bits per heavy atom. The van der Waals surface area contributed by atoms with Gasteiger partial charge in [-0.25, -0.2) is 0 Å². The number of carbonyl (C=O) groups excluding carboxylic acids is 3. The molecule has 1 heterocycles. The zero-order valence-electron chi connectivity index (χ0n) is 9.49. The molecule has 0 fully saturated rings. The average Bonchev–Trinajstić information content (AvgIpc) is 2.36. The highest BCUT2D eigenvalue weighted by molar-refractivity contribution is 6.51. The SMILES string of the molecule is C=C(C(C)=O)C1=C(Cl)C(=O)c2cccnc2C1=O. The van der Waals surface area contributed by atoms with Gasteiger partial charge in [0.05, 0.1) is 11.1 Å². The molecule has 5 heteroatoms. The molecule has 0 amide bonds. The van der Waals surface area contributed by atoms with E-state index in [0.717, 1.165) is 0 Å². The van der Waals surface area contributed by atoms with E-state index in [9.17, 15) is 14.4 Å². The van der Waals surface area contributed by atoms with Gasteiger partial charge >= 0.3 is 0 Å². The van der Waals surface area contributed by atoms with Crippen LogP contribution in [0, 0.1) is 0 Å². The first-order valence-corrected chi connectivity index (χ1v) is 5.47. The number of carbonyl (C=O) groups is 3. The zero-order valence-corrected chi connectivity index (χ0v) is 10.2. The molecule has 1 aliphatic carbocycles. The number of aromatic nitrogens is 1. The third kappa shape index (κ3) is 1.71. The summed E-state index contributed by atoms with van der Waals surface area (Å²) in [4.78, 5) is 39.3. The molecule has 0 saturated heterocycles. The lowest BCUT2D eigenvalue weighted by molar-refractivity contribution is -0.113. The van der Waals surface area contributed by atoms with Crippen LogP contribution in [0.4, 0.5) is 0 Å². The van der Waals surface area contributed by atoms with Crippen molar-refractivity contribution in [2.75, 3.05) is 0 Å². The van der Waals surface area contributed by atoms with Crippen LogP contribution >= 0.6 is 11.6 Å². The summed E-state index contributed by atoms with van der Waals surface area (Å²) in [6.07, 6.45) is 1.40. The molecule has 0 radical (unpaired) electrons. The smallest absolute Gasteiger partial charge is 0.214 e. The first-order chi connectivity index (χ1) is 8.45. The van der Waals surface area contributed by atoms with Gasteiger partial charge in [-0.15, -0.1) is 0 Å². The molecule has 0 atom stereocenters. The Hall–Kier alpha value is -2.07. The van der Waals surface area contributed by atoms with Gasteiger partial charge in [-0.1, -0.05) is 18.2 Å². The lowest BCUT2D eigenvalue weighted by Gasteiger charge is -2.16. The largest absolute Gasteiger partial charge is 0.295 e. The number of pyridine rings is 1. The lowest BCUT2D eigenvalue weighted by Crippen LogP contribution is -2.23. The lowest BCUT2D eigenvalue weighted by atomic mass is 9.88. The third-order valence-corrected chi connectivity index (χ3v) is 3.00. The summed E-state index contributed by atoms with van der Waals surface area (Å²) >= 11 is 5.86. The number of rotatable bonds is 2. The Kier molecular flexibility index (Phi) is 2.97. The van der Waals surface area contributed by atoms with Crippen LogP contribution in [0.25, 0.3) is 0 Å². The monoisotopic (exact) mass is 261 g/mol. The van der Waals surface area contributed by atoms with Gasteiger partial charge in [0.15, 0.2) is 5.78 Å². The zero-order chi connectivity index (χ0) is 13.4. The van der Waals surface area contributed by atoms with Gasteiger partial charge in [0.1, 0.15) is 10.7 Å². The molecule has 0 bridgehead atoms. The summed E-state index contributed by atoms with van der Waals surface area (Å²) in [7, 11) is 0. The van der Waals surface area contributed by atoms with Crippen molar-refractivity contribution in [2.45, 2.75) is 6.92 Å². The number of hydrogen-bond donors (Lipinski definition) is 0. The van der Waals surface area contributed by atoms with Crippen LogP contribution in [0.15, 0.2) is 41.1 Å². The molecule has 1 aromatic heterocycles. The second-order valence-electron chi connectivity index (χ2n) is 3.78. The molecule has 1 aromatic rings. The van der Waals surface area contributed by atoms with E-state index in [2.05, 4.69) is 11.6 Å². The first kappa shape index (κ1) is 12.4. The van der Waals surface area contributed by atoms with Crippen LogP contribution in [-0.4, -0.2) is 22.3 Å². The number of halogens is 1. The molecule has 0 spiro atoms. The van der Waals surface area contributed by atoms with Crippen molar-refractivity contribution in [3.05, 3.63) is 52.3 Å². The van der Waals surface area contributed by atoms with E-state index in [-0.39, 0.29) is 27.4 Å². The van der Waals surface area contributed by atoms with Gasteiger partial charge in [-0.2, -0.15) is 0 Å². The van der Waals surface area contributed by atoms with Gasteiger partial charge in [-0.3, -0.25) is 19.4 Å². The van der Waals surface area contributed by atoms with Crippen molar-refractivity contribution in [1.82, 2.24) is 4.98 Å². The molecule has 0 unspecified atom stereocenters. The van der Waals surface area contributed by atoms with Crippen LogP contribution in [0.5, 0.6) is 0 Å². The van der Waals surface area contributed by atoms with E-state index < -0.39 is 17.3 Å². The highest BCUT2D eigenvalue weighted by atomic mass is 35.5. The molecule has 0 saturated carbocycles. The maximum absolute atomic E-state index is 12.1. The summed E-state index contributed by atoms with van der Waals surface area (Å²) in [6, 6.07) is 3.01. The van der Waals surface area contributed by atoms with Crippen molar-refractivity contribution in [3.8, 4) is 0 Å². The summed E-state index contributed by atoms with van der Waals surface area (Å²) < 4.78 is 0. The van der Waals surface area contributed by atoms with Gasteiger partial charge < -0.3 is 0 Å². The number of ketones is 3. The predicted molar refractivity (Wildman–Crippen MR) is 65.6 cm³/mol. The molecular formula is C13H8ClNO3. The van der Waals surface area contributed by atoms with E-state index in [4.69, 9.17) is 11.6 Å². The molecule has 18 heavy (non-hydrogen) atoms. The van der Waals surface area contributed by atoms with Crippen LogP contribution in [-0.2, 0) is 4.79 Å². The molecule has 4 nitrogen and oxygen atoms in total. The molecule has 1 aliphatic rings. The second kappa shape index (κ2) is 4.31. The number of fused-ring (bicyclic) bond motifs is 1. The molecule has 0 aliphatic heterocycles. The predicted octanol–water partition coefficient (Wildman–Crippen LogP) is 2.10. The third-order valence-electron chi connectivity index (χ3n) is 2.64. The van der Waals surface area contributed by atoms with E-state index in [1.54, 1.807) is 6.07 Å². The molecule has 90 valence electrons. The standard InChI is InChI=1S/C13H8ClNO3/c1-6(7(2)16)9-10(14)12(17)8-4-3-5-15-11(8)13(9)18/h3-5H,1H2,2H3. The van der Waals surface area contributed by atoms with Gasteiger partial charge in [0.25, 0.3) is 0 Å². The Morgan fingerprint density at radius 1 is 1.33 bits per heavy atom. The van der Waals surface area contributed by atoms with Crippen LogP contribution in [0.2, 0.25) is 0 Å². The van der Waals surface area contributed by atoms with Crippen LogP contribution in [0.3, 0.4) is 0 Å². The molecule has 2 rings (SSSR count). The number of Topliss-reactive ketones (excluding diaryl/α,β-unsaturated/α-hetero) is 3. The van der Waals surface area contributed by atoms with Gasteiger partial charge in [0, 0.05) is 11.8 Å². The Labute approximate surface area is 108 Å². The maximum atomic E-state index is 12.1. The Morgan fingerprint density at radius 2 is 2.00 bits per heavy atom. The van der Waals surface area contributed by atoms with E-state index in [0.29, 0.717) is 0 Å². The summed E-state index contributed by atoms with van der Waals surface area (Å²) in [6.45, 7) is 4.75. The second-order valence-corrected chi connectivity index (χ2v) is 4.16. The normalized spacial score (nSPS) is 14.6. The van der Waals surface area contributed by atoms with E-state index >= 15 is 0 Å². The van der Waals surface area contributed by atoms with Crippen LogP contribution < -0.4 is 0 Å². The minimum Gasteiger partial charge on any atom is -0.295 e. The highest BCUT2D eigenvalue weighted by Crippen LogP contribution is 2.30. The minimum absolute atomic E-state index is 0.00398. The van der Waals surface area contributed by atoms with Crippen molar-refractivity contribution in [1.29, 1.82) is 0 Å². The number of allylic oxidation sites excluding steroid dienone is 3. The van der Waals surface area contributed by atoms with Crippen molar-refractivity contribution >= 4 is 29.0 Å². The Balaban J connectivity index is 2.68. The molecule has 0 aromatic carbocycles.